The second-order valence-corrected chi connectivity index (χ2v) is 7.48. The summed E-state index contributed by atoms with van der Waals surface area (Å²) in [6.45, 7) is 3.61. The second-order valence-electron chi connectivity index (χ2n) is 7.48. The molecule has 4 rings (SSSR count). The molecule has 2 fully saturated rings. The lowest BCUT2D eigenvalue weighted by Gasteiger charge is -2.39. The topological polar surface area (TPSA) is 108 Å². The fourth-order valence-corrected chi connectivity index (χ4v) is 4.16. The summed E-state index contributed by atoms with van der Waals surface area (Å²) < 4.78 is 1.76. The maximum Gasteiger partial charge on any atom is 0.407 e. The van der Waals surface area contributed by atoms with E-state index in [1.54, 1.807) is 4.68 Å². The Kier molecular flexibility index (Phi) is 4.44. The van der Waals surface area contributed by atoms with Crippen molar-refractivity contribution in [3.63, 3.8) is 0 Å². The molecule has 3 amide bonds. The van der Waals surface area contributed by atoms with Gasteiger partial charge in [0.15, 0.2) is 0 Å². The normalized spacial score (nSPS) is 23.2. The van der Waals surface area contributed by atoms with Crippen LogP contribution in [-0.2, 0) is 16.6 Å². The molecule has 2 atom stereocenters. The van der Waals surface area contributed by atoms with E-state index in [4.69, 9.17) is 0 Å². The summed E-state index contributed by atoms with van der Waals surface area (Å²) in [4.78, 5) is 38.6. The van der Waals surface area contributed by atoms with Crippen molar-refractivity contribution in [1.82, 2.24) is 20.0 Å². The Bertz CT molecular complexity index is 969. The summed E-state index contributed by atoms with van der Waals surface area (Å²) in [7, 11) is 1.84. The zero-order chi connectivity index (χ0) is 20.0. The Labute approximate surface area is 161 Å². The van der Waals surface area contributed by atoms with Crippen molar-refractivity contribution in [3.05, 3.63) is 23.9 Å². The number of carboxylic acid groups (broad SMARTS) is 1. The van der Waals surface area contributed by atoms with Crippen LogP contribution in [0.2, 0.25) is 0 Å². The minimum absolute atomic E-state index is 0.0903. The molecule has 9 heteroatoms. The molecule has 3 heterocycles. The van der Waals surface area contributed by atoms with Crippen LogP contribution in [0.1, 0.15) is 31.4 Å². The summed E-state index contributed by atoms with van der Waals surface area (Å²) in [5.74, 6) is -0.955. The van der Waals surface area contributed by atoms with Crippen LogP contribution in [0, 0.1) is 0 Å². The Morgan fingerprint density at radius 2 is 2.07 bits per heavy atom. The molecule has 9 nitrogen and oxygen atoms in total. The number of rotatable bonds is 2. The summed E-state index contributed by atoms with van der Waals surface area (Å²) in [5, 5.41) is 17.1. The standard InChI is InChI=1S/C19H23N5O4/c1-11-10-23(7-8-24(11)19(27)28)12-3-4-13-15(9-12)22(2)21-17(13)14-5-6-16(25)20-18(14)26/h3-4,9,11,14H,5-8,10H2,1-2H3,(H,27,28)(H,20,25,26). The molecule has 2 unspecified atom stereocenters. The summed E-state index contributed by atoms with van der Waals surface area (Å²) in [6.07, 6.45) is -0.103. The number of hydrogen-bond donors (Lipinski definition) is 2. The van der Waals surface area contributed by atoms with E-state index in [-0.39, 0.29) is 17.9 Å². The van der Waals surface area contributed by atoms with Crippen LogP contribution in [0.25, 0.3) is 10.9 Å². The van der Waals surface area contributed by atoms with Crippen molar-refractivity contribution in [2.24, 2.45) is 7.05 Å². The van der Waals surface area contributed by atoms with Crippen molar-refractivity contribution in [2.75, 3.05) is 24.5 Å². The van der Waals surface area contributed by atoms with E-state index < -0.39 is 12.0 Å². The zero-order valence-corrected chi connectivity index (χ0v) is 15.9. The van der Waals surface area contributed by atoms with Crippen LogP contribution in [-0.4, -0.2) is 63.4 Å². The summed E-state index contributed by atoms with van der Waals surface area (Å²) >= 11 is 0. The van der Waals surface area contributed by atoms with Crippen LogP contribution < -0.4 is 10.2 Å². The van der Waals surface area contributed by atoms with Gasteiger partial charge >= 0.3 is 6.09 Å². The average molecular weight is 385 g/mol. The van der Waals surface area contributed by atoms with Crippen molar-refractivity contribution in [2.45, 2.75) is 31.7 Å². The van der Waals surface area contributed by atoms with Crippen LogP contribution >= 0.6 is 0 Å². The lowest BCUT2D eigenvalue weighted by molar-refractivity contribution is -0.134. The van der Waals surface area contributed by atoms with Crippen LogP contribution in [0.4, 0.5) is 10.5 Å². The number of piperazine rings is 1. The van der Waals surface area contributed by atoms with Gasteiger partial charge in [-0.25, -0.2) is 4.79 Å². The molecule has 1 aromatic heterocycles. The van der Waals surface area contributed by atoms with Crippen LogP contribution in [0.3, 0.4) is 0 Å². The van der Waals surface area contributed by atoms with Crippen LogP contribution in [0.5, 0.6) is 0 Å². The van der Waals surface area contributed by atoms with E-state index >= 15 is 0 Å². The third-order valence-corrected chi connectivity index (χ3v) is 5.67. The zero-order valence-electron chi connectivity index (χ0n) is 15.9. The average Bonchev–Trinajstić information content (AvgIpc) is 2.97. The van der Waals surface area contributed by atoms with Gasteiger partial charge in [-0.3, -0.25) is 19.6 Å². The van der Waals surface area contributed by atoms with Gasteiger partial charge in [-0.1, -0.05) is 0 Å². The van der Waals surface area contributed by atoms with Gasteiger partial charge < -0.3 is 14.9 Å². The lowest BCUT2D eigenvalue weighted by Crippen LogP contribution is -2.53. The fraction of sp³-hybridized carbons (Fsp3) is 0.474. The first-order valence-corrected chi connectivity index (χ1v) is 9.40. The minimum atomic E-state index is -0.886. The highest BCUT2D eigenvalue weighted by Gasteiger charge is 2.32. The number of carbonyl (C=O) groups is 3. The number of nitrogens with zero attached hydrogens (tertiary/aromatic N) is 4. The molecule has 0 bridgehead atoms. The molecule has 0 saturated carbocycles. The van der Waals surface area contributed by atoms with Gasteiger partial charge in [0.25, 0.3) is 0 Å². The number of hydrogen-bond acceptors (Lipinski definition) is 5. The van der Waals surface area contributed by atoms with E-state index in [9.17, 15) is 19.5 Å². The molecule has 2 aromatic rings. The second kappa shape index (κ2) is 6.81. The fourth-order valence-electron chi connectivity index (χ4n) is 4.16. The maximum absolute atomic E-state index is 12.3. The van der Waals surface area contributed by atoms with Gasteiger partial charge in [0.05, 0.1) is 17.1 Å². The van der Waals surface area contributed by atoms with Crippen molar-refractivity contribution < 1.29 is 19.5 Å². The number of aryl methyl sites for hydroxylation is 1. The molecule has 2 saturated heterocycles. The number of amides is 3. The number of carbonyl (C=O) groups excluding carboxylic acids is 2. The Morgan fingerprint density at radius 3 is 2.75 bits per heavy atom. The molecule has 0 radical (unpaired) electrons. The molecular weight excluding hydrogens is 362 g/mol. The number of imide groups is 1. The van der Waals surface area contributed by atoms with Gasteiger partial charge in [-0.15, -0.1) is 0 Å². The Morgan fingerprint density at radius 1 is 1.29 bits per heavy atom. The highest BCUT2D eigenvalue weighted by Crippen LogP contribution is 2.32. The van der Waals surface area contributed by atoms with Gasteiger partial charge in [0, 0.05) is 50.2 Å². The van der Waals surface area contributed by atoms with E-state index in [1.165, 1.54) is 4.90 Å². The Hall–Kier alpha value is -3.10. The molecule has 0 spiro atoms. The molecule has 0 aliphatic carbocycles. The molecule has 2 N–H and O–H groups in total. The predicted octanol–water partition coefficient (Wildman–Crippen LogP) is 1.28. The summed E-state index contributed by atoms with van der Waals surface area (Å²) in [5.41, 5.74) is 2.60. The van der Waals surface area contributed by atoms with Crippen molar-refractivity contribution in [3.8, 4) is 0 Å². The SMILES string of the molecule is CC1CN(c2ccc3c(C4CCC(=O)NC4=O)nn(C)c3c2)CCN1C(=O)O. The number of fused-ring (bicyclic) bond motifs is 1. The Balaban J connectivity index is 1.62. The maximum atomic E-state index is 12.3. The number of aromatic nitrogens is 2. The van der Waals surface area contributed by atoms with Crippen molar-refractivity contribution in [1.29, 1.82) is 0 Å². The first-order valence-electron chi connectivity index (χ1n) is 9.40. The highest BCUT2D eigenvalue weighted by atomic mass is 16.4. The smallest absolute Gasteiger partial charge is 0.407 e. The van der Waals surface area contributed by atoms with Crippen LogP contribution in [0.15, 0.2) is 18.2 Å². The molecule has 148 valence electrons. The van der Waals surface area contributed by atoms with E-state index in [0.717, 1.165) is 16.6 Å². The first-order chi connectivity index (χ1) is 13.3. The third kappa shape index (κ3) is 3.06. The summed E-state index contributed by atoms with van der Waals surface area (Å²) in [6, 6.07) is 5.89. The molecular formula is C19H23N5O4. The van der Waals surface area contributed by atoms with Gasteiger partial charge in [0.2, 0.25) is 11.8 Å². The largest absolute Gasteiger partial charge is 0.465 e. The third-order valence-electron chi connectivity index (χ3n) is 5.67. The number of piperidine rings is 1. The highest BCUT2D eigenvalue weighted by molar-refractivity contribution is 6.02. The van der Waals surface area contributed by atoms with E-state index in [2.05, 4.69) is 15.3 Å². The minimum Gasteiger partial charge on any atom is -0.465 e. The number of nitrogens with one attached hydrogen (secondary N) is 1. The molecule has 1 aromatic carbocycles. The van der Waals surface area contributed by atoms with Gasteiger partial charge in [-0.05, 0) is 31.5 Å². The van der Waals surface area contributed by atoms with Gasteiger partial charge in [-0.2, -0.15) is 5.10 Å². The van der Waals surface area contributed by atoms with Gasteiger partial charge in [0.1, 0.15) is 0 Å². The number of anilines is 1. The van der Waals surface area contributed by atoms with E-state index in [0.29, 0.717) is 38.2 Å². The quantitative estimate of drug-likeness (QED) is 0.754. The predicted molar refractivity (Wildman–Crippen MR) is 102 cm³/mol. The number of benzene rings is 1. The lowest BCUT2D eigenvalue weighted by atomic mass is 9.93. The molecule has 28 heavy (non-hydrogen) atoms. The van der Waals surface area contributed by atoms with Crippen molar-refractivity contribution >= 4 is 34.5 Å². The first kappa shape index (κ1) is 18.3. The van der Waals surface area contributed by atoms with E-state index in [1.807, 2.05) is 32.2 Å². The monoisotopic (exact) mass is 385 g/mol. The molecule has 2 aliphatic rings. The molecule has 2 aliphatic heterocycles.